The van der Waals surface area contributed by atoms with Gasteiger partial charge >= 0.3 is 0 Å². The molecule has 0 atom stereocenters. The Hall–Kier alpha value is -2.14. The number of rotatable bonds is 7. The Labute approximate surface area is 136 Å². The standard InChI is InChI=1S/C18H25N3O2/c1-13-5-6-14-12-15(18(23)20-16(14)11-13)7-8-17(22)19-9-4-10-21(2)3/h5-6,11-12H,4,7-10H2,1-3H3,(H,19,22)(H,20,23). The number of hydrogen-bond acceptors (Lipinski definition) is 3. The fourth-order valence-corrected chi connectivity index (χ4v) is 2.51. The molecule has 0 fully saturated rings. The van der Waals surface area contributed by atoms with Gasteiger partial charge in [-0.3, -0.25) is 9.59 Å². The van der Waals surface area contributed by atoms with Crippen LogP contribution >= 0.6 is 0 Å². The lowest BCUT2D eigenvalue weighted by Crippen LogP contribution is -2.27. The van der Waals surface area contributed by atoms with Crippen molar-refractivity contribution in [3.63, 3.8) is 0 Å². The molecule has 0 unspecified atom stereocenters. The van der Waals surface area contributed by atoms with Crippen LogP contribution in [0.5, 0.6) is 0 Å². The van der Waals surface area contributed by atoms with Crippen LogP contribution in [0.4, 0.5) is 0 Å². The molecule has 0 spiro atoms. The number of pyridine rings is 1. The first-order valence-electron chi connectivity index (χ1n) is 7.99. The number of nitrogens with zero attached hydrogens (tertiary/aromatic N) is 1. The van der Waals surface area contributed by atoms with Crippen molar-refractivity contribution in [3.8, 4) is 0 Å². The van der Waals surface area contributed by atoms with Gasteiger partial charge in [-0.05, 0) is 63.5 Å². The summed E-state index contributed by atoms with van der Waals surface area (Å²) in [6.45, 7) is 3.61. The predicted molar refractivity (Wildman–Crippen MR) is 93.8 cm³/mol. The van der Waals surface area contributed by atoms with Crippen molar-refractivity contribution < 1.29 is 4.79 Å². The molecule has 0 saturated heterocycles. The summed E-state index contributed by atoms with van der Waals surface area (Å²) in [5.41, 5.74) is 2.50. The van der Waals surface area contributed by atoms with Crippen LogP contribution in [0.25, 0.3) is 10.9 Å². The Morgan fingerprint density at radius 2 is 2.04 bits per heavy atom. The number of aromatic nitrogens is 1. The molecule has 0 radical (unpaired) electrons. The minimum Gasteiger partial charge on any atom is -0.356 e. The molecule has 1 aromatic heterocycles. The Kier molecular flexibility index (Phi) is 5.93. The number of carbonyl (C=O) groups excluding carboxylic acids is 1. The largest absolute Gasteiger partial charge is 0.356 e. The number of aromatic amines is 1. The minimum atomic E-state index is -0.108. The van der Waals surface area contributed by atoms with Crippen LogP contribution < -0.4 is 10.9 Å². The van der Waals surface area contributed by atoms with Crippen LogP contribution in [0.15, 0.2) is 29.1 Å². The maximum Gasteiger partial charge on any atom is 0.251 e. The topological polar surface area (TPSA) is 65.2 Å². The van der Waals surface area contributed by atoms with Crippen LogP contribution in [0, 0.1) is 6.92 Å². The van der Waals surface area contributed by atoms with Crippen LogP contribution in [-0.2, 0) is 11.2 Å². The molecular formula is C18H25N3O2. The number of benzene rings is 1. The Morgan fingerprint density at radius 3 is 2.78 bits per heavy atom. The quantitative estimate of drug-likeness (QED) is 0.766. The summed E-state index contributed by atoms with van der Waals surface area (Å²) >= 11 is 0. The van der Waals surface area contributed by atoms with E-state index in [0.717, 1.165) is 29.4 Å². The third-order valence-electron chi connectivity index (χ3n) is 3.80. The lowest BCUT2D eigenvalue weighted by atomic mass is 10.1. The van der Waals surface area contributed by atoms with E-state index < -0.39 is 0 Å². The summed E-state index contributed by atoms with van der Waals surface area (Å²) in [7, 11) is 4.02. The number of aryl methyl sites for hydroxylation is 2. The summed E-state index contributed by atoms with van der Waals surface area (Å²) in [5.74, 6) is -0.00726. The molecule has 23 heavy (non-hydrogen) atoms. The van der Waals surface area contributed by atoms with Crippen LogP contribution in [-0.4, -0.2) is 43.0 Å². The molecule has 0 aliphatic rings. The molecule has 2 aromatic rings. The van der Waals surface area contributed by atoms with Gasteiger partial charge in [-0.1, -0.05) is 12.1 Å². The van der Waals surface area contributed by atoms with Gasteiger partial charge in [0.1, 0.15) is 0 Å². The lowest BCUT2D eigenvalue weighted by molar-refractivity contribution is -0.121. The first-order chi connectivity index (χ1) is 11.0. The smallest absolute Gasteiger partial charge is 0.251 e. The summed E-state index contributed by atoms with van der Waals surface area (Å²) in [6.07, 6.45) is 1.72. The molecule has 0 aliphatic heterocycles. The summed E-state index contributed by atoms with van der Waals surface area (Å²) in [6, 6.07) is 7.85. The normalized spacial score (nSPS) is 11.1. The van der Waals surface area contributed by atoms with E-state index in [1.807, 2.05) is 45.3 Å². The van der Waals surface area contributed by atoms with Gasteiger partial charge in [0.05, 0.1) is 0 Å². The first-order valence-corrected chi connectivity index (χ1v) is 7.99. The molecule has 1 aromatic carbocycles. The fraction of sp³-hybridized carbons (Fsp3) is 0.444. The molecular weight excluding hydrogens is 290 g/mol. The van der Waals surface area contributed by atoms with Crippen molar-refractivity contribution in [3.05, 3.63) is 45.7 Å². The summed E-state index contributed by atoms with van der Waals surface area (Å²) < 4.78 is 0. The average molecular weight is 315 g/mol. The van der Waals surface area contributed by atoms with E-state index in [9.17, 15) is 9.59 Å². The summed E-state index contributed by atoms with van der Waals surface area (Å²) in [5, 5.41) is 3.89. The monoisotopic (exact) mass is 315 g/mol. The molecule has 2 rings (SSSR count). The number of amides is 1. The van der Waals surface area contributed by atoms with Gasteiger partial charge in [-0.2, -0.15) is 0 Å². The van der Waals surface area contributed by atoms with Crippen LogP contribution in [0.2, 0.25) is 0 Å². The highest BCUT2D eigenvalue weighted by molar-refractivity contribution is 5.80. The zero-order chi connectivity index (χ0) is 16.8. The number of H-pyrrole nitrogens is 1. The van der Waals surface area contributed by atoms with E-state index in [-0.39, 0.29) is 11.5 Å². The highest BCUT2D eigenvalue weighted by Crippen LogP contribution is 2.13. The lowest BCUT2D eigenvalue weighted by Gasteiger charge is -2.10. The molecule has 2 N–H and O–H groups in total. The van der Waals surface area contributed by atoms with Gasteiger partial charge in [0, 0.05) is 24.0 Å². The van der Waals surface area contributed by atoms with Crippen molar-refractivity contribution in [2.45, 2.75) is 26.2 Å². The molecule has 1 heterocycles. The SMILES string of the molecule is Cc1ccc2cc(CCC(=O)NCCCN(C)C)c(=O)[nH]c2c1. The van der Waals surface area contributed by atoms with Gasteiger partial charge in [-0.15, -0.1) is 0 Å². The van der Waals surface area contributed by atoms with Crippen molar-refractivity contribution >= 4 is 16.8 Å². The molecule has 0 aliphatic carbocycles. The molecule has 1 amide bonds. The van der Waals surface area contributed by atoms with E-state index in [1.165, 1.54) is 0 Å². The second-order valence-corrected chi connectivity index (χ2v) is 6.22. The van der Waals surface area contributed by atoms with E-state index in [2.05, 4.69) is 15.2 Å². The third kappa shape index (κ3) is 5.21. The number of hydrogen-bond donors (Lipinski definition) is 2. The third-order valence-corrected chi connectivity index (χ3v) is 3.80. The van der Waals surface area contributed by atoms with Crippen molar-refractivity contribution in [1.29, 1.82) is 0 Å². The van der Waals surface area contributed by atoms with Crippen molar-refractivity contribution in [1.82, 2.24) is 15.2 Å². The van der Waals surface area contributed by atoms with Crippen molar-refractivity contribution in [2.75, 3.05) is 27.2 Å². The van der Waals surface area contributed by atoms with Gasteiger partial charge in [0.2, 0.25) is 5.91 Å². The Bertz CT molecular complexity index is 735. The van der Waals surface area contributed by atoms with Crippen LogP contribution in [0.1, 0.15) is 24.0 Å². The molecule has 0 bridgehead atoms. The average Bonchev–Trinajstić information content (AvgIpc) is 2.49. The van der Waals surface area contributed by atoms with E-state index in [1.54, 1.807) is 0 Å². The minimum absolute atomic E-state index is 0.00726. The van der Waals surface area contributed by atoms with Crippen molar-refractivity contribution in [2.24, 2.45) is 0 Å². The second kappa shape index (κ2) is 7.92. The maximum atomic E-state index is 12.1. The molecule has 5 nitrogen and oxygen atoms in total. The maximum absolute atomic E-state index is 12.1. The van der Waals surface area contributed by atoms with E-state index in [4.69, 9.17) is 0 Å². The first kappa shape index (κ1) is 17.2. The van der Waals surface area contributed by atoms with E-state index in [0.29, 0.717) is 24.9 Å². The highest BCUT2D eigenvalue weighted by Gasteiger charge is 2.07. The zero-order valence-corrected chi connectivity index (χ0v) is 14.1. The Balaban J connectivity index is 1.91. The van der Waals surface area contributed by atoms with Gasteiger partial charge in [0.25, 0.3) is 5.56 Å². The fourth-order valence-electron chi connectivity index (χ4n) is 2.51. The number of fused-ring (bicyclic) bond motifs is 1. The van der Waals surface area contributed by atoms with Gasteiger partial charge in [-0.25, -0.2) is 0 Å². The van der Waals surface area contributed by atoms with Gasteiger partial charge in [0.15, 0.2) is 0 Å². The van der Waals surface area contributed by atoms with E-state index >= 15 is 0 Å². The summed E-state index contributed by atoms with van der Waals surface area (Å²) in [4.78, 5) is 28.9. The van der Waals surface area contributed by atoms with Crippen LogP contribution in [0.3, 0.4) is 0 Å². The highest BCUT2D eigenvalue weighted by atomic mass is 16.1. The van der Waals surface area contributed by atoms with Gasteiger partial charge < -0.3 is 15.2 Å². The number of carbonyl (C=O) groups is 1. The molecule has 124 valence electrons. The number of nitrogens with one attached hydrogen (secondary N) is 2. The molecule has 0 saturated carbocycles. The second-order valence-electron chi connectivity index (χ2n) is 6.22. The zero-order valence-electron chi connectivity index (χ0n) is 14.1. The Morgan fingerprint density at radius 1 is 1.26 bits per heavy atom. The molecule has 5 heteroatoms. The predicted octanol–water partition coefficient (Wildman–Crippen LogP) is 1.84.